The van der Waals surface area contributed by atoms with Crippen molar-refractivity contribution in [1.29, 1.82) is 0 Å². The van der Waals surface area contributed by atoms with Gasteiger partial charge >= 0.3 is 5.97 Å². The second-order valence-corrected chi connectivity index (χ2v) is 4.24. The smallest absolute Gasteiger partial charge is 0.331 e. The summed E-state index contributed by atoms with van der Waals surface area (Å²) in [7, 11) is 2.94. The van der Waals surface area contributed by atoms with E-state index in [9.17, 15) is 4.79 Å². The minimum atomic E-state index is -0.404. The molecule has 1 aliphatic rings. The fourth-order valence-electron chi connectivity index (χ4n) is 2.17. The Morgan fingerprint density at radius 3 is 2.89 bits per heavy atom. The number of methoxy groups -OCH3 is 2. The first kappa shape index (κ1) is 12.9. The minimum Gasteiger partial charge on any atom is -0.497 e. The van der Waals surface area contributed by atoms with Gasteiger partial charge in [0.1, 0.15) is 12.4 Å². The normalized spacial score (nSPS) is 21.5. The lowest BCUT2D eigenvalue weighted by atomic mass is 10.1. The Morgan fingerprint density at radius 2 is 2.22 bits per heavy atom. The Labute approximate surface area is 106 Å². The van der Waals surface area contributed by atoms with E-state index in [0.717, 1.165) is 23.3 Å². The molecule has 1 aromatic rings. The summed E-state index contributed by atoms with van der Waals surface area (Å²) in [6, 6.07) is 5.64. The molecule has 2 unspecified atom stereocenters. The molecule has 18 heavy (non-hydrogen) atoms. The molecule has 0 saturated carbocycles. The van der Waals surface area contributed by atoms with Crippen LogP contribution in [0.3, 0.4) is 0 Å². The number of benzene rings is 1. The van der Waals surface area contributed by atoms with Gasteiger partial charge in [-0.3, -0.25) is 0 Å². The van der Waals surface area contributed by atoms with Crippen LogP contribution in [0.5, 0.6) is 5.75 Å². The van der Waals surface area contributed by atoms with E-state index in [2.05, 4.69) is 4.74 Å². The van der Waals surface area contributed by atoms with E-state index >= 15 is 0 Å². The van der Waals surface area contributed by atoms with E-state index in [-0.39, 0.29) is 18.8 Å². The van der Waals surface area contributed by atoms with E-state index in [1.54, 1.807) is 7.11 Å². The lowest BCUT2D eigenvalue weighted by Crippen LogP contribution is -2.28. The number of rotatable bonds is 4. The number of hydrogen-bond donors (Lipinski definition) is 1. The van der Waals surface area contributed by atoms with Gasteiger partial charge in [-0.2, -0.15) is 0 Å². The van der Waals surface area contributed by atoms with Gasteiger partial charge in [0.25, 0.3) is 0 Å². The Hall–Kier alpha value is -1.59. The van der Waals surface area contributed by atoms with Gasteiger partial charge in [0.15, 0.2) is 0 Å². The number of esters is 1. The molecule has 0 aromatic heterocycles. The lowest BCUT2D eigenvalue weighted by Gasteiger charge is -2.17. The van der Waals surface area contributed by atoms with Crippen LogP contribution in [0.4, 0.5) is 0 Å². The van der Waals surface area contributed by atoms with Gasteiger partial charge in [0.2, 0.25) is 0 Å². The van der Waals surface area contributed by atoms with Crippen LogP contribution in [0.25, 0.3) is 0 Å². The molecule has 2 atom stereocenters. The van der Waals surface area contributed by atoms with Gasteiger partial charge in [-0.05, 0) is 29.7 Å². The molecule has 0 heterocycles. The van der Waals surface area contributed by atoms with Crippen LogP contribution in [-0.2, 0) is 20.7 Å². The zero-order valence-electron chi connectivity index (χ0n) is 10.5. The predicted molar refractivity (Wildman–Crippen MR) is 65.4 cm³/mol. The van der Waals surface area contributed by atoms with Crippen LogP contribution in [0.1, 0.15) is 17.2 Å². The molecule has 0 saturated heterocycles. The third kappa shape index (κ3) is 2.47. The van der Waals surface area contributed by atoms with E-state index in [1.165, 1.54) is 7.11 Å². The number of ether oxygens (including phenoxy) is 3. The first-order valence-corrected chi connectivity index (χ1v) is 5.76. The fraction of sp³-hybridized carbons (Fsp3) is 0.462. The van der Waals surface area contributed by atoms with Crippen molar-refractivity contribution >= 4 is 5.97 Å². The van der Waals surface area contributed by atoms with Gasteiger partial charge in [-0.15, -0.1) is 0 Å². The van der Waals surface area contributed by atoms with Crippen LogP contribution in [0.15, 0.2) is 18.2 Å². The third-order valence-corrected chi connectivity index (χ3v) is 3.11. The van der Waals surface area contributed by atoms with Crippen molar-refractivity contribution in [2.75, 3.05) is 20.8 Å². The fourth-order valence-corrected chi connectivity index (χ4v) is 2.17. The highest BCUT2D eigenvalue weighted by molar-refractivity contribution is 5.70. The van der Waals surface area contributed by atoms with E-state index in [4.69, 9.17) is 15.2 Å². The molecule has 98 valence electrons. The highest BCUT2D eigenvalue weighted by atomic mass is 16.6. The van der Waals surface area contributed by atoms with Crippen molar-refractivity contribution in [2.45, 2.75) is 18.6 Å². The SMILES string of the molecule is COC(=O)COC1c2cc(OC)ccc2CC1N. The van der Waals surface area contributed by atoms with Gasteiger partial charge in [-0.25, -0.2) is 4.79 Å². The Balaban J connectivity index is 2.15. The maximum Gasteiger partial charge on any atom is 0.331 e. The highest BCUT2D eigenvalue weighted by Gasteiger charge is 2.31. The van der Waals surface area contributed by atoms with Crippen LogP contribution in [-0.4, -0.2) is 32.8 Å². The lowest BCUT2D eigenvalue weighted by molar-refractivity contribution is -0.148. The molecular weight excluding hydrogens is 234 g/mol. The van der Waals surface area contributed by atoms with Crippen LogP contribution >= 0.6 is 0 Å². The quantitative estimate of drug-likeness (QED) is 0.802. The highest BCUT2D eigenvalue weighted by Crippen LogP contribution is 2.35. The first-order chi connectivity index (χ1) is 8.65. The summed E-state index contributed by atoms with van der Waals surface area (Å²) in [6.45, 7) is -0.0917. The number of carbonyl (C=O) groups is 1. The van der Waals surface area contributed by atoms with E-state index in [1.807, 2.05) is 18.2 Å². The van der Waals surface area contributed by atoms with Crippen molar-refractivity contribution in [3.63, 3.8) is 0 Å². The van der Waals surface area contributed by atoms with Crippen molar-refractivity contribution in [1.82, 2.24) is 0 Å². The van der Waals surface area contributed by atoms with Crippen LogP contribution in [0, 0.1) is 0 Å². The standard InChI is InChI=1S/C13H17NO4/c1-16-9-4-3-8-5-11(14)13(10(8)6-9)18-7-12(15)17-2/h3-4,6,11,13H,5,7,14H2,1-2H3. The molecule has 0 amide bonds. The largest absolute Gasteiger partial charge is 0.497 e. The van der Waals surface area contributed by atoms with Crippen molar-refractivity contribution in [3.05, 3.63) is 29.3 Å². The Bertz CT molecular complexity index is 447. The first-order valence-electron chi connectivity index (χ1n) is 5.76. The second-order valence-electron chi connectivity index (χ2n) is 4.24. The van der Waals surface area contributed by atoms with Crippen molar-refractivity contribution in [2.24, 2.45) is 5.73 Å². The molecule has 1 aliphatic carbocycles. The summed E-state index contributed by atoms with van der Waals surface area (Å²) in [5, 5.41) is 0. The molecule has 0 aliphatic heterocycles. The molecule has 0 fully saturated rings. The monoisotopic (exact) mass is 251 g/mol. The number of carbonyl (C=O) groups excluding carboxylic acids is 1. The van der Waals surface area contributed by atoms with Crippen LogP contribution < -0.4 is 10.5 Å². The molecule has 2 N–H and O–H groups in total. The van der Waals surface area contributed by atoms with Crippen LogP contribution in [0.2, 0.25) is 0 Å². The Morgan fingerprint density at radius 1 is 1.44 bits per heavy atom. The summed E-state index contributed by atoms with van der Waals surface area (Å²) < 4.78 is 15.3. The molecule has 5 heteroatoms. The minimum absolute atomic E-state index is 0.0917. The van der Waals surface area contributed by atoms with Gasteiger partial charge in [-0.1, -0.05) is 6.07 Å². The third-order valence-electron chi connectivity index (χ3n) is 3.11. The molecule has 5 nitrogen and oxygen atoms in total. The topological polar surface area (TPSA) is 70.8 Å². The van der Waals surface area contributed by atoms with E-state index in [0.29, 0.717) is 0 Å². The van der Waals surface area contributed by atoms with Crippen molar-refractivity contribution in [3.8, 4) is 5.75 Å². The zero-order valence-corrected chi connectivity index (χ0v) is 10.5. The maximum absolute atomic E-state index is 11.1. The van der Waals surface area contributed by atoms with Crippen molar-refractivity contribution < 1.29 is 19.0 Å². The Kier molecular flexibility index (Phi) is 3.84. The molecule has 1 aromatic carbocycles. The molecular formula is C13H17NO4. The summed E-state index contributed by atoms with van der Waals surface area (Å²) in [4.78, 5) is 11.1. The number of hydrogen-bond acceptors (Lipinski definition) is 5. The van der Waals surface area contributed by atoms with E-state index < -0.39 is 5.97 Å². The average Bonchev–Trinajstić information content (AvgIpc) is 2.70. The summed E-state index contributed by atoms with van der Waals surface area (Å²) in [6.07, 6.45) is 0.458. The predicted octanol–water partition coefficient (Wildman–Crippen LogP) is 0.809. The molecule has 2 rings (SSSR count). The number of nitrogens with two attached hydrogens (primary N) is 1. The van der Waals surface area contributed by atoms with Gasteiger partial charge < -0.3 is 19.9 Å². The summed E-state index contributed by atoms with van der Waals surface area (Å²) >= 11 is 0. The molecule has 0 bridgehead atoms. The summed E-state index contributed by atoms with van der Waals surface area (Å²) in [5.41, 5.74) is 8.16. The van der Waals surface area contributed by atoms with Gasteiger partial charge in [0.05, 0.1) is 20.3 Å². The molecule has 0 radical (unpaired) electrons. The second kappa shape index (κ2) is 5.37. The zero-order chi connectivity index (χ0) is 13.1. The van der Waals surface area contributed by atoms with Gasteiger partial charge in [0, 0.05) is 6.04 Å². The number of fused-ring (bicyclic) bond motifs is 1. The maximum atomic E-state index is 11.1. The summed E-state index contributed by atoms with van der Waals surface area (Å²) in [5.74, 6) is 0.355. The average molecular weight is 251 g/mol. The molecule has 0 spiro atoms.